The molecule has 1 N–H and O–H groups in total. The second kappa shape index (κ2) is 2.38. The Morgan fingerprint density at radius 1 is 1.45 bits per heavy atom. The summed E-state index contributed by atoms with van der Waals surface area (Å²) in [6, 6.07) is 6.17. The number of hydrogen-bond acceptors (Lipinski definition) is 1. The van der Waals surface area contributed by atoms with E-state index in [1.807, 2.05) is 6.07 Å². The Balaban J connectivity index is 2.66. The van der Waals surface area contributed by atoms with Crippen molar-refractivity contribution in [2.24, 2.45) is 0 Å². The standard InChI is InChI=1S/C9H8BrN/c1-6-7-3-2-4-9(10)8(7)5-11-6/h2-4,11H,1,5H2. The van der Waals surface area contributed by atoms with Gasteiger partial charge in [-0.25, -0.2) is 0 Å². The molecule has 11 heavy (non-hydrogen) atoms. The van der Waals surface area contributed by atoms with Crippen molar-refractivity contribution in [3.05, 3.63) is 40.4 Å². The first kappa shape index (κ1) is 6.92. The summed E-state index contributed by atoms with van der Waals surface area (Å²) >= 11 is 3.49. The van der Waals surface area contributed by atoms with Crippen LogP contribution in [0.15, 0.2) is 29.3 Å². The van der Waals surface area contributed by atoms with Gasteiger partial charge in [0.25, 0.3) is 0 Å². The smallest absolute Gasteiger partial charge is 0.0418 e. The highest BCUT2D eigenvalue weighted by atomic mass is 79.9. The summed E-state index contributed by atoms with van der Waals surface area (Å²) in [4.78, 5) is 0. The van der Waals surface area contributed by atoms with E-state index in [0.717, 1.165) is 12.2 Å². The van der Waals surface area contributed by atoms with Crippen LogP contribution in [0.4, 0.5) is 0 Å². The molecule has 2 rings (SSSR count). The van der Waals surface area contributed by atoms with E-state index in [1.165, 1.54) is 15.6 Å². The lowest BCUT2D eigenvalue weighted by Gasteiger charge is -1.98. The normalized spacial score (nSPS) is 14.5. The molecular formula is C9H8BrN. The molecule has 56 valence electrons. The number of rotatable bonds is 0. The summed E-state index contributed by atoms with van der Waals surface area (Å²) in [6.07, 6.45) is 0. The van der Waals surface area contributed by atoms with E-state index in [0.29, 0.717) is 0 Å². The topological polar surface area (TPSA) is 12.0 Å². The van der Waals surface area contributed by atoms with Gasteiger partial charge in [0.1, 0.15) is 0 Å². The minimum absolute atomic E-state index is 0.898. The first-order valence-electron chi connectivity index (χ1n) is 3.49. The molecule has 1 aliphatic rings. The van der Waals surface area contributed by atoms with Gasteiger partial charge in [0.2, 0.25) is 0 Å². The van der Waals surface area contributed by atoms with Crippen molar-refractivity contribution < 1.29 is 0 Å². The predicted molar refractivity (Wildman–Crippen MR) is 50.0 cm³/mol. The van der Waals surface area contributed by atoms with Crippen LogP contribution in [0.1, 0.15) is 11.1 Å². The van der Waals surface area contributed by atoms with Crippen LogP contribution in [0, 0.1) is 0 Å². The van der Waals surface area contributed by atoms with Gasteiger partial charge < -0.3 is 5.32 Å². The van der Waals surface area contributed by atoms with Crippen LogP contribution < -0.4 is 5.32 Å². The summed E-state index contributed by atoms with van der Waals surface area (Å²) < 4.78 is 1.17. The average molecular weight is 210 g/mol. The molecule has 1 aromatic carbocycles. The number of halogens is 1. The maximum Gasteiger partial charge on any atom is 0.0418 e. The van der Waals surface area contributed by atoms with Crippen LogP contribution in [0.25, 0.3) is 5.70 Å². The summed E-state index contributed by atoms with van der Waals surface area (Å²) in [5.41, 5.74) is 3.58. The number of nitrogens with one attached hydrogen (secondary N) is 1. The van der Waals surface area contributed by atoms with Crippen molar-refractivity contribution in [3.8, 4) is 0 Å². The Bertz CT molecular complexity index is 317. The highest BCUT2D eigenvalue weighted by Crippen LogP contribution is 2.28. The molecule has 1 aliphatic heterocycles. The molecule has 0 radical (unpaired) electrons. The zero-order valence-electron chi connectivity index (χ0n) is 6.02. The molecule has 1 nitrogen and oxygen atoms in total. The van der Waals surface area contributed by atoms with Crippen LogP contribution in [-0.2, 0) is 6.54 Å². The van der Waals surface area contributed by atoms with E-state index in [2.05, 4.69) is 40.0 Å². The van der Waals surface area contributed by atoms with E-state index in [-0.39, 0.29) is 0 Å². The van der Waals surface area contributed by atoms with Gasteiger partial charge in [-0.05, 0) is 11.6 Å². The van der Waals surface area contributed by atoms with Gasteiger partial charge >= 0.3 is 0 Å². The third-order valence-electron chi connectivity index (χ3n) is 1.92. The van der Waals surface area contributed by atoms with Gasteiger partial charge in [0.05, 0.1) is 0 Å². The zero-order chi connectivity index (χ0) is 7.84. The Labute approximate surface area is 74.2 Å². The molecule has 0 fully saturated rings. The Kier molecular flexibility index (Phi) is 1.50. The Morgan fingerprint density at radius 2 is 2.27 bits per heavy atom. The van der Waals surface area contributed by atoms with Crippen LogP contribution in [0.3, 0.4) is 0 Å². The molecule has 1 aromatic rings. The van der Waals surface area contributed by atoms with E-state index >= 15 is 0 Å². The van der Waals surface area contributed by atoms with Gasteiger partial charge in [-0.15, -0.1) is 0 Å². The average Bonchev–Trinajstić information content (AvgIpc) is 2.35. The first-order chi connectivity index (χ1) is 5.29. The highest BCUT2D eigenvalue weighted by Gasteiger charge is 2.14. The SMILES string of the molecule is C=C1NCc2c(Br)cccc21. The van der Waals surface area contributed by atoms with E-state index in [1.54, 1.807) is 0 Å². The second-order valence-electron chi connectivity index (χ2n) is 2.60. The minimum Gasteiger partial charge on any atom is -0.381 e. The fourth-order valence-corrected chi connectivity index (χ4v) is 1.82. The van der Waals surface area contributed by atoms with E-state index < -0.39 is 0 Å². The summed E-state index contributed by atoms with van der Waals surface area (Å²) in [5, 5.41) is 3.20. The molecule has 0 saturated heterocycles. The lowest BCUT2D eigenvalue weighted by atomic mass is 10.1. The molecule has 0 aromatic heterocycles. The molecule has 0 spiro atoms. The Morgan fingerprint density at radius 3 is 3.00 bits per heavy atom. The fraction of sp³-hybridized carbons (Fsp3) is 0.111. The zero-order valence-corrected chi connectivity index (χ0v) is 7.61. The lowest BCUT2D eigenvalue weighted by Crippen LogP contribution is -1.98. The summed E-state index contributed by atoms with van der Waals surface area (Å²) in [6.45, 7) is 4.80. The molecule has 0 saturated carbocycles. The third-order valence-corrected chi connectivity index (χ3v) is 2.67. The number of benzene rings is 1. The molecule has 0 unspecified atom stereocenters. The van der Waals surface area contributed by atoms with Gasteiger partial charge in [-0.2, -0.15) is 0 Å². The molecule has 0 aliphatic carbocycles. The third kappa shape index (κ3) is 0.979. The van der Waals surface area contributed by atoms with Crippen LogP contribution in [-0.4, -0.2) is 0 Å². The molecule has 0 atom stereocenters. The van der Waals surface area contributed by atoms with Crippen LogP contribution in [0.5, 0.6) is 0 Å². The predicted octanol–water partition coefficient (Wildman–Crippen LogP) is 2.52. The van der Waals surface area contributed by atoms with Crippen molar-refractivity contribution >= 4 is 21.6 Å². The van der Waals surface area contributed by atoms with Crippen molar-refractivity contribution in [2.45, 2.75) is 6.54 Å². The van der Waals surface area contributed by atoms with Gasteiger partial charge in [0, 0.05) is 22.3 Å². The van der Waals surface area contributed by atoms with E-state index in [4.69, 9.17) is 0 Å². The second-order valence-corrected chi connectivity index (χ2v) is 3.45. The minimum atomic E-state index is 0.898. The maximum atomic E-state index is 3.90. The summed E-state index contributed by atoms with van der Waals surface area (Å²) in [7, 11) is 0. The van der Waals surface area contributed by atoms with Crippen LogP contribution in [0.2, 0.25) is 0 Å². The number of fused-ring (bicyclic) bond motifs is 1. The van der Waals surface area contributed by atoms with E-state index in [9.17, 15) is 0 Å². The Hall–Kier alpha value is -0.760. The first-order valence-corrected chi connectivity index (χ1v) is 4.29. The highest BCUT2D eigenvalue weighted by molar-refractivity contribution is 9.10. The van der Waals surface area contributed by atoms with Crippen molar-refractivity contribution in [3.63, 3.8) is 0 Å². The largest absolute Gasteiger partial charge is 0.381 e. The monoisotopic (exact) mass is 209 g/mol. The lowest BCUT2D eigenvalue weighted by molar-refractivity contribution is 0.942. The van der Waals surface area contributed by atoms with Crippen molar-refractivity contribution in [1.82, 2.24) is 5.32 Å². The van der Waals surface area contributed by atoms with Gasteiger partial charge in [-0.3, -0.25) is 0 Å². The molecular weight excluding hydrogens is 202 g/mol. The molecule has 0 bridgehead atoms. The summed E-state index contributed by atoms with van der Waals surface area (Å²) in [5.74, 6) is 0. The quantitative estimate of drug-likeness (QED) is 0.693. The van der Waals surface area contributed by atoms with Crippen LogP contribution >= 0.6 is 15.9 Å². The van der Waals surface area contributed by atoms with Gasteiger partial charge in [0.15, 0.2) is 0 Å². The van der Waals surface area contributed by atoms with Crippen molar-refractivity contribution in [2.75, 3.05) is 0 Å². The molecule has 0 amide bonds. The molecule has 1 heterocycles. The van der Waals surface area contributed by atoms with Crippen molar-refractivity contribution in [1.29, 1.82) is 0 Å². The number of hydrogen-bond donors (Lipinski definition) is 1. The fourth-order valence-electron chi connectivity index (χ4n) is 1.31. The molecule has 2 heteroatoms. The maximum absolute atomic E-state index is 3.90. The van der Waals surface area contributed by atoms with Gasteiger partial charge in [-0.1, -0.05) is 34.6 Å².